The van der Waals surface area contributed by atoms with Crippen molar-refractivity contribution in [2.45, 2.75) is 19.9 Å². The minimum absolute atomic E-state index is 0. The Morgan fingerprint density at radius 1 is 1.43 bits per heavy atom. The first-order valence-electron chi connectivity index (χ1n) is 3.92. The lowest BCUT2D eigenvalue weighted by atomic mass is 10.3. The molecule has 1 aromatic heterocycles. The monoisotopic (exact) mass is 258 g/mol. The van der Waals surface area contributed by atoms with E-state index in [1.165, 1.54) is 0 Å². The van der Waals surface area contributed by atoms with Crippen LogP contribution in [0.5, 0.6) is 0 Å². The van der Waals surface area contributed by atoms with E-state index in [4.69, 9.17) is 10.2 Å². The van der Waals surface area contributed by atoms with E-state index in [0.29, 0.717) is 12.4 Å². The fraction of sp³-hybridized carbons (Fsp3) is 0.625. The lowest BCUT2D eigenvalue weighted by Gasteiger charge is -1.95. The SMILES string of the molecule is CSCCc1oc(C)nc1CN.Cl.Cl. The quantitative estimate of drug-likeness (QED) is 0.900. The van der Waals surface area contributed by atoms with E-state index in [0.717, 1.165) is 23.6 Å². The normalized spacial score (nSPS) is 9.07. The van der Waals surface area contributed by atoms with E-state index in [1.54, 1.807) is 11.8 Å². The van der Waals surface area contributed by atoms with Gasteiger partial charge in [0.25, 0.3) is 0 Å². The molecule has 0 aromatic carbocycles. The van der Waals surface area contributed by atoms with E-state index >= 15 is 0 Å². The maximum absolute atomic E-state index is 5.51. The molecule has 1 aromatic rings. The summed E-state index contributed by atoms with van der Waals surface area (Å²) in [5.41, 5.74) is 6.41. The number of aryl methyl sites for hydroxylation is 2. The largest absolute Gasteiger partial charge is 0.446 e. The molecular weight excluding hydrogens is 243 g/mol. The molecule has 0 saturated heterocycles. The molecule has 0 aliphatic rings. The standard InChI is InChI=1S/C8H14N2OS.2ClH/c1-6-10-7(5-9)8(11-6)3-4-12-2;;/h3-5,9H2,1-2H3;2*1H. The first kappa shape index (κ1) is 16.5. The molecule has 6 heteroatoms. The van der Waals surface area contributed by atoms with E-state index in [9.17, 15) is 0 Å². The van der Waals surface area contributed by atoms with Crippen molar-refractivity contribution in [2.75, 3.05) is 12.0 Å². The van der Waals surface area contributed by atoms with Crippen LogP contribution >= 0.6 is 36.6 Å². The highest BCUT2D eigenvalue weighted by Crippen LogP contribution is 2.12. The highest BCUT2D eigenvalue weighted by molar-refractivity contribution is 7.98. The van der Waals surface area contributed by atoms with Gasteiger partial charge in [-0.1, -0.05) is 0 Å². The summed E-state index contributed by atoms with van der Waals surface area (Å²) in [6.07, 6.45) is 3.00. The Bertz CT molecular complexity index is 255. The highest BCUT2D eigenvalue weighted by atomic mass is 35.5. The Kier molecular flexibility index (Phi) is 9.93. The molecule has 0 bridgehead atoms. The lowest BCUT2D eigenvalue weighted by molar-refractivity contribution is 0.479. The maximum Gasteiger partial charge on any atom is 0.191 e. The van der Waals surface area contributed by atoms with Gasteiger partial charge in [0.1, 0.15) is 5.76 Å². The van der Waals surface area contributed by atoms with Crippen LogP contribution < -0.4 is 5.73 Å². The van der Waals surface area contributed by atoms with Crippen molar-refractivity contribution in [3.8, 4) is 0 Å². The van der Waals surface area contributed by atoms with Crippen molar-refractivity contribution >= 4 is 36.6 Å². The van der Waals surface area contributed by atoms with Crippen LogP contribution in [0, 0.1) is 6.92 Å². The van der Waals surface area contributed by atoms with Crippen LogP contribution in [-0.2, 0) is 13.0 Å². The lowest BCUT2D eigenvalue weighted by Crippen LogP contribution is -2.01. The third-order valence-electron chi connectivity index (χ3n) is 1.61. The number of rotatable bonds is 4. The van der Waals surface area contributed by atoms with Crippen LogP contribution in [0.1, 0.15) is 17.3 Å². The second-order valence-corrected chi connectivity index (χ2v) is 3.54. The van der Waals surface area contributed by atoms with E-state index in [1.807, 2.05) is 6.92 Å². The van der Waals surface area contributed by atoms with Gasteiger partial charge >= 0.3 is 0 Å². The van der Waals surface area contributed by atoms with Gasteiger partial charge in [-0.15, -0.1) is 24.8 Å². The summed E-state index contributed by atoms with van der Waals surface area (Å²) in [5, 5.41) is 0. The Morgan fingerprint density at radius 3 is 2.57 bits per heavy atom. The Morgan fingerprint density at radius 2 is 2.07 bits per heavy atom. The average Bonchev–Trinajstić information content (AvgIpc) is 2.42. The molecule has 0 spiro atoms. The summed E-state index contributed by atoms with van der Waals surface area (Å²) in [6.45, 7) is 2.32. The highest BCUT2D eigenvalue weighted by Gasteiger charge is 2.07. The Labute approximate surface area is 101 Å². The molecule has 1 rings (SSSR count). The molecule has 0 fully saturated rings. The van der Waals surface area contributed by atoms with Gasteiger partial charge in [0.15, 0.2) is 5.89 Å². The van der Waals surface area contributed by atoms with Crippen molar-refractivity contribution in [3.05, 3.63) is 17.3 Å². The molecule has 84 valence electrons. The molecule has 0 aliphatic carbocycles. The molecule has 0 unspecified atom stereocenters. The summed E-state index contributed by atoms with van der Waals surface area (Å²) in [4.78, 5) is 4.18. The van der Waals surface area contributed by atoms with Crippen LogP contribution in [0.4, 0.5) is 0 Å². The summed E-state index contributed by atoms with van der Waals surface area (Å²) < 4.78 is 5.40. The number of nitrogens with two attached hydrogens (primary N) is 1. The predicted molar refractivity (Wildman–Crippen MR) is 65.7 cm³/mol. The summed E-state index contributed by atoms with van der Waals surface area (Å²) in [7, 11) is 0. The topological polar surface area (TPSA) is 52.0 Å². The van der Waals surface area contributed by atoms with Gasteiger partial charge in [0.2, 0.25) is 0 Å². The number of nitrogens with zero attached hydrogens (tertiary/aromatic N) is 1. The minimum Gasteiger partial charge on any atom is -0.446 e. The third kappa shape index (κ3) is 4.55. The van der Waals surface area contributed by atoms with Gasteiger partial charge in [-0.25, -0.2) is 4.98 Å². The Hall–Kier alpha value is 0.1000. The van der Waals surface area contributed by atoms with Crippen LogP contribution in [0.2, 0.25) is 0 Å². The molecule has 3 nitrogen and oxygen atoms in total. The van der Waals surface area contributed by atoms with Gasteiger partial charge in [-0.2, -0.15) is 11.8 Å². The minimum atomic E-state index is 0. The second kappa shape index (κ2) is 8.41. The van der Waals surface area contributed by atoms with Gasteiger partial charge in [0.05, 0.1) is 5.69 Å². The molecule has 0 aliphatic heterocycles. The molecule has 14 heavy (non-hydrogen) atoms. The van der Waals surface area contributed by atoms with Crippen molar-refractivity contribution in [3.63, 3.8) is 0 Å². The summed E-state index contributed by atoms with van der Waals surface area (Å²) in [6, 6.07) is 0. The molecule has 0 radical (unpaired) electrons. The zero-order valence-electron chi connectivity index (χ0n) is 8.28. The van der Waals surface area contributed by atoms with Gasteiger partial charge < -0.3 is 10.2 Å². The Balaban J connectivity index is 0. The number of halogens is 2. The number of hydrogen-bond donors (Lipinski definition) is 1. The fourth-order valence-corrected chi connectivity index (χ4v) is 1.45. The zero-order chi connectivity index (χ0) is 8.97. The van der Waals surface area contributed by atoms with Gasteiger partial charge in [-0.05, 0) is 6.26 Å². The maximum atomic E-state index is 5.51. The molecule has 1 heterocycles. The van der Waals surface area contributed by atoms with E-state index in [2.05, 4.69) is 11.2 Å². The van der Waals surface area contributed by atoms with Crippen LogP contribution in [0.25, 0.3) is 0 Å². The number of oxazole rings is 1. The first-order chi connectivity index (χ1) is 5.77. The average molecular weight is 259 g/mol. The predicted octanol–water partition coefficient (Wildman–Crippen LogP) is 2.19. The van der Waals surface area contributed by atoms with Gasteiger partial charge in [-0.3, -0.25) is 0 Å². The van der Waals surface area contributed by atoms with Crippen molar-refractivity contribution in [1.82, 2.24) is 4.98 Å². The van der Waals surface area contributed by atoms with E-state index < -0.39 is 0 Å². The summed E-state index contributed by atoms with van der Waals surface area (Å²) >= 11 is 1.80. The van der Waals surface area contributed by atoms with Crippen LogP contribution in [-0.4, -0.2) is 17.0 Å². The fourth-order valence-electron chi connectivity index (χ4n) is 1.06. The van der Waals surface area contributed by atoms with E-state index in [-0.39, 0.29) is 24.8 Å². The van der Waals surface area contributed by atoms with Crippen LogP contribution in [0.15, 0.2) is 4.42 Å². The molecule has 0 atom stereocenters. The molecule has 2 N–H and O–H groups in total. The molecule has 0 amide bonds. The third-order valence-corrected chi connectivity index (χ3v) is 2.22. The first-order valence-corrected chi connectivity index (χ1v) is 5.31. The van der Waals surface area contributed by atoms with Gasteiger partial charge in [0, 0.05) is 25.6 Å². The summed E-state index contributed by atoms with van der Waals surface area (Å²) in [5.74, 6) is 2.72. The van der Waals surface area contributed by atoms with Crippen LogP contribution in [0.3, 0.4) is 0 Å². The molecular formula is C8H16Cl2N2OS. The zero-order valence-corrected chi connectivity index (χ0v) is 10.7. The van der Waals surface area contributed by atoms with Crippen molar-refractivity contribution in [1.29, 1.82) is 0 Å². The second-order valence-electron chi connectivity index (χ2n) is 2.55. The number of thioether (sulfide) groups is 1. The molecule has 0 saturated carbocycles. The van der Waals surface area contributed by atoms with Crippen molar-refractivity contribution in [2.24, 2.45) is 5.73 Å². The van der Waals surface area contributed by atoms with Crippen molar-refractivity contribution < 1.29 is 4.42 Å². The smallest absolute Gasteiger partial charge is 0.191 e. The number of aromatic nitrogens is 1. The number of hydrogen-bond acceptors (Lipinski definition) is 4.